The maximum absolute atomic E-state index is 12.0. The fraction of sp³-hybridized carbons (Fsp3) is 0.467. The van der Waals surface area contributed by atoms with Crippen molar-refractivity contribution in [3.05, 3.63) is 24.3 Å². The molecule has 0 saturated carbocycles. The van der Waals surface area contributed by atoms with Crippen LogP contribution < -0.4 is 16.0 Å². The lowest BCUT2D eigenvalue weighted by Crippen LogP contribution is -2.45. The summed E-state index contributed by atoms with van der Waals surface area (Å²) >= 11 is 0. The normalized spacial score (nSPS) is 17.5. The van der Waals surface area contributed by atoms with Crippen LogP contribution in [0.25, 0.3) is 0 Å². The van der Waals surface area contributed by atoms with Gasteiger partial charge in [0.2, 0.25) is 5.91 Å². The number of amides is 2. The molecule has 1 fully saturated rings. The third kappa shape index (κ3) is 5.29. The highest BCUT2D eigenvalue weighted by Gasteiger charge is 2.21. The highest BCUT2D eigenvalue weighted by molar-refractivity contribution is 5.95. The molecule has 1 unspecified atom stereocenters. The van der Waals surface area contributed by atoms with E-state index >= 15 is 0 Å². The van der Waals surface area contributed by atoms with Gasteiger partial charge in [0, 0.05) is 30.4 Å². The van der Waals surface area contributed by atoms with Gasteiger partial charge >= 0.3 is 0 Å². The van der Waals surface area contributed by atoms with Crippen molar-refractivity contribution in [2.24, 2.45) is 5.92 Å². The van der Waals surface area contributed by atoms with Gasteiger partial charge in [0.15, 0.2) is 0 Å². The summed E-state index contributed by atoms with van der Waals surface area (Å²) in [5, 5.41) is 8.71. The molecule has 1 aliphatic rings. The Bertz CT molecular complexity index is 499. The lowest BCUT2D eigenvalue weighted by molar-refractivity contribution is -0.128. The largest absolute Gasteiger partial charge is 0.366 e. The highest BCUT2D eigenvalue weighted by Crippen LogP contribution is 2.15. The molecule has 0 radical (unpaired) electrons. The minimum Gasteiger partial charge on any atom is -0.366 e. The van der Waals surface area contributed by atoms with Crippen LogP contribution in [0.4, 0.5) is 11.4 Å². The summed E-state index contributed by atoms with van der Waals surface area (Å²) in [5.74, 6) is -0.269. The zero-order valence-corrected chi connectivity index (χ0v) is 13.5. The summed E-state index contributed by atoms with van der Waals surface area (Å²) in [6.07, 6.45) is -0.459. The average molecular weight is 328 g/mol. The zero-order chi connectivity index (χ0) is 15.2. The first-order chi connectivity index (χ1) is 10.1. The Labute approximate surface area is 136 Å². The van der Waals surface area contributed by atoms with Crippen LogP contribution in [0.3, 0.4) is 0 Å². The smallest absolute Gasteiger partial charge is 0.254 e. The Kier molecular flexibility index (Phi) is 7.31. The van der Waals surface area contributed by atoms with Crippen molar-refractivity contribution in [1.82, 2.24) is 5.32 Å². The van der Waals surface area contributed by atoms with E-state index in [9.17, 15) is 9.59 Å². The number of hydrogen-bond acceptors (Lipinski definition) is 4. The van der Waals surface area contributed by atoms with Crippen LogP contribution in [0.1, 0.15) is 13.8 Å². The average Bonchev–Trinajstić information content (AvgIpc) is 2.50. The van der Waals surface area contributed by atoms with Crippen molar-refractivity contribution in [2.75, 3.05) is 30.3 Å². The van der Waals surface area contributed by atoms with Gasteiger partial charge in [0.05, 0.1) is 6.61 Å². The zero-order valence-electron chi connectivity index (χ0n) is 12.7. The van der Waals surface area contributed by atoms with Crippen molar-refractivity contribution < 1.29 is 14.3 Å². The molecule has 3 N–H and O–H groups in total. The molecule has 1 aliphatic heterocycles. The fourth-order valence-electron chi connectivity index (χ4n) is 1.88. The number of hydrogen-bond donors (Lipinski definition) is 3. The summed E-state index contributed by atoms with van der Waals surface area (Å²) in [7, 11) is 0. The van der Waals surface area contributed by atoms with Gasteiger partial charge in [-0.1, -0.05) is 13.8 Å². The number of anilines is 2. The third-order valence-electron chi connectivity index (χ3n) is 3.16. The Morgan fingerprint density at radius 1 is 1.18 bits per heavy atom. The van der Waals surface area contributed by atoms with Crippen LogP contribution >= 0.6 is 12.4 Å². The lowest BCUT2D eigenvalue weighted by Gasteiger charge is -2.22. The second-order valence-corrected chi connectivity index (χ2v) is 5.27. The minimum absolute atomic E-state index is 0. The van der Waals surface area contributed by atoms with E-state index in [-0.39, 0.29) is 30.1 Å². The number of rotatable bonds is 4. The molecule has 2 rings (SSSR count). The molecule has 22 heavy (non-hydrogen) atoms. The first-order valence-electron chi connectivity index (χ1n) is 7.10. The number of nitrogens with one attached hydrogen (secondary N) is 3. The van der Waals surface area contributed by atoms with Gasteiger partial charge in [-0.3, -0.25) is 9.59 Å². The predicted molar refractivity (Wildman–Crippen MR) is 88.4 cm³/mol. The van der Waals surface area contributed by atoms with E-state index in [1.165, 1.54) is 0 Å². The second-order valence-electron chi connectivity index (χ2n) is 5.27. The van der Waals surface area contributed by atoms with Crippen molar-refractivity contribution in [1.29, 1.82) is 0 Å². The highest BCUT2D eigenvalue weighted by atomic mass is 35.5. The van der Waals surface area contributed by atoms with Crippen LogP contribution in [0.2, 0.25) is 0 Å². The summed E-state index contributed by atoms with van der Waals surface area (Å²) in [5.41, 5.74) is 1.39. The van der Waals surface area contributed by atoms with Crippen LogP contribution in [0.15, 0.2) is 24.3 Å². The minimum atomic E-state index is -0.459. The SMILES string of the molecule is CC(C)C(=O)Nc1ccc(NC(=O)C2CNCCO2)cc1.Cl. The topological polar surface area (TPSA) is 79.5 Å². The molecule has 2 amide bonds. The van der Waals surface area contributed by atoms with Crippen LogP contribution in [0.5, 0.6) is 0 Å². The molecule has 0 aromatic heterocycles. The number of carbonyl (C=O) groups is 2. The lowest BCUT2D eigenvalue weighted by atomic mass is 10.2. The molecule has 6 nitrogen and oxygen atoms in total. The molecule has 1 saturated heterocycles. The molecule has 1 atom stereocenters. The van der Waals surface area contributed by atoms with E-state index < -0.39 is 6.10 Å². The fourth-order valence-corrected chi connectivity index (χ4v) is 1.88. The maximum Gasteiger partial charge on any atom is 0.254 e. The number of benzene rings is 1. The molecule has 0 aliphatic carbocycles. The Balaban J connectivity index is 0.00000242. The van der Waals surface area contributed by atoms with Gasteiger partial charge in [-0.2, -0.15) is 0 Å². The van der Waals surface area contributed by atoms with Gasteiger partial charge in [-0.05, 0) is 24.3 Å². The summed E-state index contributed by atoms with van der Waals surface area (Å²) in [6, 6.07) is 7.03. The summed E-state index contributed by atoms with van der Waals surface area (Å²) in [6.45, 7) is 5.50. The summed E-state index contributed by atoms with van der Waals surface area (Å²) < 4.78 is 5.38. The molecule has 1 aromatic rings. The Hall–Kier alpha value is -1.63. The quantitative estimate of drug-likeness (QED) is 0.785. The van der Waals surface area contributed by atoms with Crippen LogP contribution in [-0.2, 0) is 14.3 Å². The van der Waals surface area contributed by atoms with Crippen molar-refractivity contribution in [3.8, 4) is 0 Å². The van der Waals surface area contributed by atoms with Crippen molar-refractivity contribution >= 4 is 35.6 Å². The van der Waals surface area contributed by atoms with Gasteiger partial charge in [0.25, 0.3) is 5.91 Å². The molecular formula is C15H22ClN3O3. The van der Waals surface area contributed by atoms with E-state index in [0.717, 1.165) is 6.54 Å². The van der Waals surface area contributed by atoms with Gasteiger partial charge in [0.1, 0.15) is 6.10 Å². The van der Waals surface area contributed by atoms with Gasteiger partial charge < -0.3 is 20.7 Å². The van der Waals surface area contributed by atoms with E-state index in [2.05, 4.69) is 16.0 Å². The molecule has 1 heterocycles. The monoisotopic (exact) mass is 327 g/mol. The van der Waals surface area contributed by atoms with Crippen molar-refractivity contribution in [2.45, 2.75) is 20.0 Å². The summed E-state index contributed by atoms with van der Waals surface area (Å²) in [4.78, 5) is 23.6. The van der Waals surface area contributed by atoms with E-state index in [4.69, 9.17) is 4.74 Å². The van der Waals surface area contributed by atoms with E-state index in [1.807, 2.05) is 13.8 Å². The molecule has 0 spiro atoms. The van der Waals surface area contributed by atoms with Gasteiger partial charge in [-0.25, -0.2) is 0 Å². The molecule has 7 heteroatoms. The van der Waals surface area contributed by atoms with Crippen LogP contribution in [-0.4, -0.2) is 37.6 Å². The van der Waals surface area contributed by atoms with E-state index in [1.54, 1.807) is 24.3 Å². The van der Waals surface area contributed by atoms with Crippen molar-refractivity contribution in [3.63, 3.8) is 0 Å². The number of halogens is 1. The first-order valence-corrected chi connectivity index (χ1v) is 7.10. The molecule has 0 bridgehead atoms. The first kappa shape index (κ1) is 18.4. The maximum atomic E-state index is 12.0. The van der Waals surface area contributed by atoms with Crippen LogP contribution in [0, 0.1) is 5.92 Å². The standard InChI is InChI=1S/C15H21N3O3.ClH/c1-10(2)14(19)17-11-3-5-12(6-4-11)18-15(20)13-9-16-7-8-21-13;/h3-6,10,13,16H,7-9H2,1-2H3,(H,17,19)(H,18,20);1H. The number of carbonyl (C=O) groups excluding carboxylic acids is 2. The third-order valence-corrected chi connectivity index (χ3v) is 3.16. The van der Waals surface area contributed by atoms with E-state index in [0.29, 0.717) is 24.5 Å². The Morgan fingerprint density at radius 3 is 2.27 bits per heavy atom. The molecular weight excluding hydrogens is 306 g/mol. The van der Waals surface area contributed by atoms with Gasteiger partial charge in [-0.15, -0.1) is 12.4 Å². The predicted octanol–water partition coefficient (Wildman–Crippen LogP) is 1.63. The Morgan fingerprint density at radius 2 is 1.77 bits per heavy atom. The number of morpholine rings is 1. The second kappa shape index (κ2) is 8.73. The molecule has 122 valence electrons. The molecule has 1 aromatic carbocycles. The number of ether oxygens (including phenoxy) is 1.